The lowest BCUT2D eigenvalue weighted by Gasteiger charge is -2.06. The van der Waals surface area contributed by atoms with Crippen molar-refractivity contribution >= 4 is 0 Å². The van der Waals surface area contributed by atoms with Crippen LogP contribution in [0.5, 0.6) is 0 Å². The van der Waals surface area contributed by atoms with Crippen LogP contribution in [-0.4, -0.2) is 0 Å². The molecule has 3 aromatic carbocycles. The summed E-state index contributed by atoms with van der Waals surface area (Å²) < 4.78 is 39.6. The van der Waals surface area contributed by atoms with Gasteiger partial charge in [-0.1, -0.05) is 54.1 Å². The Morgan fingerprint density at radius 2 is 0.909 bits per heavy atom. The second-order valence-electron chi connectivity index (χ2n) is 5.20. The molecule has 0 aromatic heterocycles. The van der Waals surface area contributed by atoms with Gasteiger partial charge in [0.25, 0.3) is 0 Å². The minimum Gasteiger partial charge on any atom is -0.204 e. The molecule has 0 nitrogen and oxygen atoms in total. The zero-order chi connectivity index (χ0) is 15.7. The van der Waals surface area contributed by atoms with E-state index in [9.17, 15) is 13.2 Å². The normalized spacial score (nSPS) is 10.7. The highest BCUT2D eigenvalue weighted by Crippen LogP contribution is 2.27. The summed E-state index contributed by atoms with van der Waals surface area (Å²) in [6, 6.07) is 17.4. The number of halogens is 3. The van der Waals surface area contributed by atoms with E-state index in [4.69, 9.17) is 0 Å². The zero-order valence-corrected chi connectivity index (χ0v) is 11.9. The van der Waals surface area contributed by atoms with Gasteiger partial charge in [-0.05, 0) is 41.3 Å². The summed E-state index contributed by atoms with van der Waals surface area (Å²) in [5.41, 5.74) is 4.19. The van der Waals surface area contributed by atoms with E-state index in [-0.39, 0.29) is 0 Å². The quantitative estimate of drug-likeness (QED) is 0.529. The monoisotopic (exact) mass is 298 g/mol. The molecule has 0 saturated carbocycles. The maximum absolute atomic E-state index is 13.3. The first-order chi connectivity index (χ1) is 10.5. The molecule has 3 rings (SSSR count). The van der Waals surface area contributed by atoms with Crippen molar-refractivity contribution in [1.82, 2.24) is 0 Å². The van der Waals surface area contributed by atoms with Crippen LogP contribution in [0.4, 0.5) is 13.2 Å². The van der Waals surface area contributed by atoms with Gasteiger partial charge in [-0.15, -0.1) is 0 Å². The molecule has 0 N–H and O–H groups in total. The highest BCUT2D eigenvalue weighted by molar-refractivity contribution is 5.70. The van der Waals surface area contributed by atoms with Gasteiger partial charge in [0, 0.05) is 0 Å². The van der Waals surface area contributed by atoms with Crippen LogP contribution < -0.4 is 0 Å². The molecule has 0 atom stereocenters. The topological polar surface area (TPSA) is 0 Å². The molecule has 0 spiro atoms. The Kier molecular flexibility index (Phi) is 3.72. The van der Waals surface area contributed by atoms with Crippen molar-refractivity contribution in [3.63, 3.8) is 0 Å². The van der Waals surface area contributed by atoms with Gasteiger partial charge in [0.15, 0.2) is 17.5 Å². The first-order valence-corrected chi connectivity index (χ1v) is 6.86. The van der Waals surface area contributed by atoms with E-state index in [1.165, 1.54) is 5.56 Å². The van der Waals surface area contributed by atoms with Gasteiger partial charge in [-0.3, -0.25) is 0 Å². The lowest BCUT2D eigenvalue weighted by Crippen LogP contribution is -1.91. The molecule has 3 aromatic rings. The molecule has 0 aliphatic heterocycles. The highest BCUT2D eigenvalue weighted by Gasteiger charge is 2.11. The van der Waals surface area contributed by atoms with Crippen molar-refractivity contribution in [2.24, 2.45) is 0 Å². The minimum absolute atomic E-state index is 0.312. The second-order valence-corrected chi connectivity index (χ2v) is 5.20. The third-order valence-corrected chi connectivity index (χ3v) is 3.59. The Hall–Kier alpha value is -2.55. The van der Waals surface area contributed by atoms with E-state index in [2.05, 4.69) is 0 Å². The number of rotatable bonds is 2. The standard InChI is InChI=1S/C19H13F3/c1-12-2-4-13(5-3-12)14-6-8-15(9-7-14)16-10-17(20)19(22)18(21)11-16/h2-11H,1H3. The number of benzene rings is 3. The van der Waals surface area contributed by atoms with E-state index in [1.54, 1.807) is 12.1 Å². The van der Waals surface area contributed by atoms with Crippen molar-refractivity contribution in [1.29, 1.82) is 0 Å². The predicted octanol–water partition coefficient (Wildman–Crippen LogP) is 5.75. The molecular weight excluding hydrogens is 285 g/mol. The Labute approximate surface area is 126 Å². The molecule has 110 valence electrons. The summed E-state index contributed by atoms with van der Waals surface area (Å²) in [6.07, 6.45) is 0. The fourth-order valence-electron chi connectivity index (χ4n) is 2.32. The minimum atomic E-state index is -1.44. The molecule has 0 aliphatic rings. The average molecular weight is 298 g/mol. The van der Waals surface area contributed by atoms with Crippen LogP contribution in [-0.2, 0) is 0 Å². The largest absolute Gasteiger partial charge is 0.204 e. The zero-order valence-electron chi connectivity index (χ0n) is 11.9. The number of hydrogen-bond acceptors (Lipinski definition) is 0. The second kappa shape index (κ2) is 5.68. The molecule has 22 heavy (non-hydrogen) atoms. The molecule has 0 amide bonds. The Morgan fingerprint density at radius 3 is 1.36 bits per heavy atom. The van der Waals surface area contributed by atoms with Crippen LogP contribution in [0, 0.1) is 24.4 Å². The van der Waals surface area contributed by atoms with Crippen LogP contribution >= 0.6 is 0 Å². The lowest BCUT2D eigenvalue weighted by atomic mass is 9.99. The van der Waals surface area contributed by atoms with Crippen LogP contribution in [0.3, 0.4) is 0 Å². The van der Waals surface area contributed by atoms with Gasteiger partial charge in [0.05, 0.1) is 0 Å². The van der Waals surface area contributed by atoms with Gasteiger partial charge in [0.1, 0.15) is 0 Å². The van der Waals surface area contributed by atoms with Crippen LogP contribution in [0.2, 0.25) is 0 Å². The lowest BCUT2D eigenvalue weighted by molar-refractivity contribution is 0.448. The summed E-state index contributed by atoms with van der Waals surface area (Å²) >= 11 is 0. The SMILES string of the molecule is Cc1ccc(-c2ccc(-c3cc(F)c(F)c(F)c3)cc2)cc1. The van der Waals surface area contributed by atoms with Crippen molar-refractivity contribution in [3.05, 3.63) is 83.7 Å². The Balaban J connectivity index is 1.96. The molecular formula is C19H13F3. The summed E-state index contributed by atoms with van der Waals surface area (Å²) in [6.45, 7) is 2.02. The summed E-state index contributed by atoms with van der Waals surface area (Å²) in [4.78, 5) is 0. The highest BCUT2D eigenvalue weighted by atomic mass is 19.2. The van der Waals surface area contributed by atoms with Crippen LogP contribution in [0.15, 0.2) is 60.7 Å². The first-order valence-electron chi connectivity index (χ1n) is 6.86. The Bertz CT molecular complexity index is 780. The molecule has 0 saturated heterocycles. The van der Waals surface area contributed by atoms with E-state index in [0.717, 1.165) is 23.3 Å². The van der Waals surface area contributed by atoms with Crippen molar-refractivity contribution in [2.45, 2.75) is 6.92 Å². The van der Waals surface area contributed by atoms with E-state index < -0.39 is 17.5 Å². The van der Waals surface area contributed by atoms with Gasteiger partial charge < -0.3 is 0 Å². The maximum atomic E-state index is 13.3. The molecule has 3 heteroatoms. The van der Waals surface area contributed by atoms with Crippen molar-refractivity contribution in [3.8, 4) is 22.3 Å². The van der Waals surface area contributed by atoms with Crippen molar-refractivity contribution in [2.75, 3.05) is 0 Å². The fraction of sp³-hybridized carbons (Fsp3) is 0.0526. The molecule has 0 fully saturated rings. The van der Waals surface area contributed by atoms with E-state index >= 15 is 0 Å². The van der Waals surface area contributed by atoms with Gasteiger partial charge >= 0.3 is 0 Å². The van der Waals surface area contributed by atoms with E-state index in [0.29, 0.717) is 11.1 Å². The van der Waals surface area contributed by atoms with Crippen LogP contribution in [0.1, 0.15) is 5.56 Å². The molecule has 0 aliphatic carbocycles. The average Bonchev–Trinajstić information content (AvgIpc) is 2.53. The smallest absolute Gasteiger partial charge is 0.194 e. The summed E-state index contributed by atoms with van der Waals surface area (Å²) in [5.74, 6) is -3.81. The Morgan fingerprint density at radius 1 is 0.545 bits per heavy atom. The van der Waals surface area contributed by atoms with Crippen molar-refractivity contribution < 1.29 is 13.2 Å². The molecule has 0 bridgehead atoms. The third-order valence-electron chi connectivity index (χ3n) is 3.59. The molecule has 0 radical (unpaired) electrons. The van der Waals surface area contributed by atoms with Gasteiger partial charge in [-0.2, -0.15) is 0 Å². The number of aryl methyl sites for hydroxylation is 1. The molecule has 0 heterocycles. The number of hydrogen-bond donors (Lipinski definition) is 0. The summed E-state index contributed by atoms with van der Waals surface area (Å²) in [5, 5.41) is 0. The fourth-order valence-corrected chi connectivity index (χ4v) is 2.32. The molecule has 0 unspecified atom stereocenters. The third kappa shape index (κ3) is 2.75. The first kappa shape index (κ1) is 14.4. The van der Waals surface area contributed by atoms with Gasteiger partial charge in [-0.25, -0.2) is 13.2 Å². The van der Waals surface area contributed by atoms with Gasteiger partial charge in [0.2, 0.25) is 0 Å². The van der Waals surface area contributed by atoms with E-state index in [1.807, 2.05) is 43.3 Å². The maximum Gasteiger partial charge on any atom is 0.194 e. The van der Waals surface area contributed by atoms with Crippen LogP contribution in [0.25, 0.3) is 22.3 Å². The summed E-state index contributed by atoms with van der Waals surface area (Å²) in [7, 11) is 0. The predicted molar refractivity (Wildman–Crippen MR) is 81.9 cm³/mol.